The summed E-state index contributed by atoms with van der Waals surface area (Å²) < 4.78 is 5.77. The second-order valence-electron chi connectivity index (χ2n) is 6.28. The number of rotatable bonds is 3. The highest BCUT2D eigenvalue weighted by molar-refractivity contribution is 6.03. The van der Waals surface area contributed by atoms with Crippen molar-refractivity contribution in [1.82, 2.24) is 10.2 Å². The Labute approximate surface area is 125 Å². The molecule has 1 N–H and O–H groups in total. The molecule has 1 aliphatic heterocycles. The lowest BCUT2D eigenvalue weighted by Gasteiger charge is -2.39. The number of ketones is 1. The molecular formula is C17H22N2O2. The Morgan fingerprint density at radius 2 is 1.95 bits per heavy atom. The topological polar surface area (TPSA) is 45.5 Å². The lowest BCUT2D eigenvalue weighted by Crippen LogP contribution is -2.57. The van der Waals surface area contributed by atoms with E-state index in [9.17, 15) is 4.79 Å². The molecule has 0 atom stereocenters. The van der Waals surface area contributed by atoms with Gasteiger partial charge in [0.25, 0.3) is 0 Å². The van der Waals surface area contributed by atoms with Gasteiger partial charge in [0.2, 0.25) is 5.78 Å². The molecule has 0 bridgehead atoms. The van der Waals surface area contributed by atoms with E-state index in [1.807, 2.05) is 45.0 Å². The molecule has 0 unspecified atom stereocenters. The third kappa shape index (κ3) is 2.61. The maximum Gasteiger partial charge on any atom is 0.217 e. The first-order chi connectivity index (χ1) is 9.98. The van der Waals surface area contributed by atoms with Crippen LogP contribution < -0.4 is 5.32 Å². The Kier molecular flexibility index (Phi) is 3.59. The van der Waals surface area contributed by atoms with E-state index in [1.54, 1.807) is 0 Å². The monoisotopic (exact) mass is 286 g/mol. The van der Waals surface area contributed by atoms with E-state index in [0.29, 0.717) is 5.76 Å². The molecule has 21 heavy (non-hydrogen) atoms. The number of nitrogens with one attached hydrogen (secondary N) is 1. The summed E-state index contributed by atoms with van der Waals surface area (Å²) in [5.74, 6) is 0.511. The first-order valence-electron chi connectivity index (χ1n) is 7.49. The van der Waals surface area contributed by atoms with Crippen molar-refractivity contribution in [2.75, 3.05) is 26.2 Å². The minimum absolute atomic E-state index is 0.0539. The molecule has 112 valence electrons. The average Bonchev–Trinajstić information content (AvgIpc) is 2.90. The van der Waals surface area contributed by atoms with Gasteiger partial charge in [0, 0.05) is 31.6 Å². The Balaban J connectivity index is 1.91. The molecule has 2 heterocycles. The van der Waals surface area contributed by atoms with Crippen molar-refractivity contribution < 1.29 is 9.21 Å². The van der Waals surface area contributed by atoms with Crippen molar-refractivity contribution in [2.24, 2.45) is 0 Å². The smallest absolute Gasteiger partial charge is 0.217 e. The highest BCUT2D eigenvalue weighted by Crippen LogP contribution is 2.26. The van der Waals surface area contributed by atoms with Crippen molar-refractivity contribution in [3.63, 3.8) is 0 Å². The lowest BCUT2D eigenvalue weighted by atomic mass is 9.94. The molecule has 2 aromatic rings. The van der Waals surface area contributed by atoms with E-state index in [4.69, 9.17) is 4.42 Å². The summed E-state index contributed by atoms with van der Waals surface area (Å²) in [6, 6.07) is 7.85. The molecule has 0 amide bonds. The van der Waals surface area contributed by atoms with Crippen LogP contribution in [0.4, 0.5) is 0 Å². The van der Waals surface area contributed by atoms with Crippen LogP contribution in [0, 0.1) is 6.92 Å². The molecule has 0 saturated carbocycles. The normalized spacial score (nSPS) is 17.3. The fourth-order valence-electron chi connectivity index (χ4n) is 2.94. The molecule has 1 fully saturated rings. The van der Waals surface area contributed by atoms with Gasteiger partial charge in [-0.3, -0.25) is 9.69 Å². The van der Waals surface area contributed by atoms with E-state index in [-0.39, 0.29) is 5.78 Å². The first-order valence-corrected chi connectivity index (χ1v) is 7.49. The van der Waals surface area contributed by atoms with Crippen molar-refractivity contribution in [1.29, 1.82) is 0 Å². The van der Waals surface area contributed by atoms with Gasteiger partial charge in [-0.25, -0.2) is 0 Å². The maximum atomic E-state index is 12.9. The quantitative estimate of drug-likeness (QED) is 0.881. The minimum Gasteiger partial charge on any atom is -0.453 e. The number of hydrogen-bond acceptors (Lipinski definition) is 4. The van der Waals surface area contributed by atoms with Crippen LogP contribution in [0.3, 0.4) is 0 Å². The second-order valence-corrected chi connectivity index (χ2v) is 6.28. The second kappa shape index (κ2) is 5.28. The van der Waals surface area contributed by atoms with Crippen LogP contribution in [-0.4, -0.2) is 42.4 Å². The van der Waals surface area contributed by atoms with Gasteiger partial charge in [0.1, 0.15) is 5.58 Å². The number of benzene rings is 1. The highest BCUT2D eigenvalue weighted by atomic mass is 16.3. The summed E-state index contributed by atoms with van der Waals surface area (Å²) in [5, 5.41) is 4.31. The Hall–Kier alpha value is -1.65. The number of hydrogen-bond donors (Lipinski definition) is 1. The molecular weight excluding hydrogens is 264 g/mol. The highest BCUT2D eigenvalue weighted by Gasteiger charge is 2.37. The van der Waals surface area contributed by atoms with Gasteiger partial charge in [0.05, 0.1) is 5.54 Å². The van der Waals surface area contributed by atoms with Crippen LogP contribution in [0.1, 0.15) is 30.0 Å². The number of fused-ring (bicyclic) bond motifs is 1. The number of piperazine rings is 1. The number of carbonyl (C=O) groups excluding carboxylic acids is 1. The van der Waals surface area contributed by atoms with Gasteiger partial charge in [0.15, 0.2) is 5.76 Å². The molecule has 1 aliphatic rings. The molecule has 1 aromatic carbocycles. The predicted octanol–water partition coefficient (Wildman–Crippen LogP) is 2.61. The molecule has 3 rings (SSSR count). The summed E-state index contributed by atoms with van der Waals surface area (Å²) >= 11 is 0. The fraction of sp³-hybridized carbons (Fsp3) is 0.471. The Morgan fingerprint density at radius 1 is 1.24 bits per heavy atom. The molecule has 4 nitrogen and oxygen atoms in total. The van der Waals surface area contributed by atoms with Crippen molar-refractivity contribution in [2.45, 2.75) is 26.3 Å². The number of nitrogens with zero attached hydrogens (tertiary/aromatic N) is 1. The Morgan fingerprint density at radius 3 is 2.67 bits per heavy atom. The van der Waals surface area contributed by atoms with Crippen molar-refractivity contribution >= 4 is 16.8 Å². The minimum atomic E-state index is -0.537. The van der Waals surface area contributed by atoms with Gasteiger partial charge < -0.3 is 9.73 Å². The molecule has 0 aliphatic carbocycles. The fourth-order valence-corrected chi connectivity index (χ4v) is 2.94. The maximum absolute atomic E-state index is 12.9. The first kappa shape index (κ1) is 14.3. The molecule has 4 heteroatoms. The zero-order valence-corrected chi connectivity index (χ0v) is 12.9. The largest absolute Gasteiger partial charge is 0.453 e. The Bertz CT molecular complexity index is 666. The van der Waals surface area contributed by atoms with Crippen molar-refractivity contribution in [3.8, 4) is 0 Å². The average molecular weight is 286 g/mol. The van der Waals surface area contributed by atoms with Gasteiger partial charge in [-0.1, -0.05) is 11.6 Å². The third-order valence-electron chi connectivity index (χ3n) is 4.36. The summed E-state index contributed by atoms with van der Waals surface area (Å²) in [6.45, 7) is 9.64. The van der Waals surface area contributed by atoms with E-state index < -0.39 is 5.54 Å². The number of aryl methyl sites for hydroxylation is 1. The van der Waals surface area contributed by atoms with Gasteiger partial charge in [-0.05, 0) is 39.0 Å². The summed E-state index contributed by atoms with van der Waals surface area (Å²) in [5.41, 5.74) is 1.41. The molecule has 0 spiro atoms. The number of furan rings is 1. The molecule has 1 aromatic heterocycles. The van der Waals surface area contributed by atoms with E-state index >= 15 is 0 Å². The summed E-state index contributed by atoms with van der Waals surface area (Å²) in [4.78, 5) is 15.1. The van der Waals surface area contributed by atoms with Crippen LogP contribution in [0.2, 0.25) is 0 Å². The predicted molar refractivity (Wildman–Crippen MR) is 83.8 cm³/mol. The van der Waals surface area contributed by atoms with Gasteiger partial charge >= 0.3 is 0 Å². The third-order valence-corrected chi connectivity index (χ3v) is 4.36. The number of carbonyl (C=O) groups is 1. The van der Waals surface area contributed by atoms with Crippen LogP contribution in [-0.2, 0) is 0 Å². The number of Topliss-reactive ketones (excluding diaryl/α,β-unsaturated/α-hetero) is 1. The molecule has 1 saturated heterocycles. The zero-order chi connectivity index (χ0) is 15.0. The zero-order valence-electron chi connectivity index (χ0n) is 12.9. The SMILES string of the molecule is Cc1ccc2oc(C(=O)C(C)(C)N3CCNCC3)cc2c1. The standard InChI is InChI=1S/C17H22N2O2/c1-12-4-5-14-13(10-12)11-15(21-14)16(20)17(2,3)19-8-6-18-7-9-19/h4-5,10-11,18H,6-9H2,1-3H3. The van der Waals surface area contributed by atoms with Crippen molar-refractivity contribution in [3.05, 3.63) is 35.6 Å². The lowest BCUT2D eigenvalue weighted by molar-refractivity contribution is 0.0576. The summed E-state index contributed by atoms with van der Waals surface area (Å²) in [6.07, 6.45) is 0. The van der Waals surface area contributed by atoms with Gasteiger partial charge in [-0.15, -0.1) is 0 Å². The van der Waals surface area contributed by atoms with E-state index in [2.05, 4.69) is 10.2 Å². The van der Waals surface area contributed by atoms with Crippen LogP contribution in [0.5, 0.6) is 0 Å². The van der Waals surface area contributed by atoms with E-state index in [0.717, 1.165) is 37.1 Å². The molecule has 0 radical (unpaired) electrons. The van der Waals surface area contributed by atoms with Crippen LogP contribution in [0.25, 0.3) is 11.0 Å². The van der Waals surface area contributed by atoms with Crippen LogP contribution in [0.15, 0.2) is 28.7 Å². The van der Waals surface area contributed by atoms with Crippen LogP contribution >= 0.6 is 0 Å². The summed E-state index contributed by atoms with van der Waals surface area (Å²) in [7, 11) is 0. The van der Waals surface area contributed by atoms with E-state index in [1.165, 1.54) is 5.56 Å². The van der Waals surface area contributed by atoms with Gasteiger partial charge in [-0.2, -0.15) is 0 Å².